The summed E-state index contributed by atoms with van der Waals surface area (Å²) in [6.07, 6.45) is 12.0. The molecule has 2 atom stereocenters. The second-order valence-corrected chi connectivity index (χ2v) is 15.3. The molecule has 3 aliphatic heterocycles. The van der Waals surface area contributed by atoms with Crippen LogP contribution in [-0.2, 0) is 19.9 Å². The van der Waals surface area contributed by atoms with E-state index in [4.69, 9.17) is 24.7 Å². The number of fused-ring (bicyclic) bond motifs is 3. The maximum absolute atomic E-state index is 12.4. The van der Waals surface area contributed by atoms with E-state index in [1.54, 1.807) is 19.4 Å². The lowest BCUT2D eigenvalue weighted by Crippen LogP contribution is -2.55. The Labute approximate surface area is 244 Å². The summed E-state index contributed by atoms with van der Waals surface area (Å²) in [5, 5.41) is 3.37. The number of nitrogens with zero attached hydrogens (tertiary/aromatic N) is 7. The van der Waals surface area contributed by atoms with Gasteiger partial charge in [-0.1, -0.05) is 6.92 Å². The van der Waals surface area contributed by atoms with Crippen LogP contribution in [0.4, 0.5) is 17.5 Å². The van der Waals surface area contributed by atoms with E-state index in [-0.39, 0.29) is 17.1 Å². The van der Waals surface area contributed by atoms with Crippen molar-refractivity contribution >= 4 is 33.0 Å². The number of anilines is 3. The zero-order valence-corrected chi connectivity index (χ0v) is 26.5. The van der Waals surface area contributed by atoms with Crippen LogP contribution < -0.4 is 10.2 Å². The van der Waals surface area contributed by atoms with Gasteiger partial charge in [0.1, 0.15) is 17.5 Å². The maximum Gasteiger partial charge on any atom is 0.229 e. The Balaban J connectivity index is 1.48. The Hall–Kier alpha value is -2.89. The van der Waals surface area contributed by atoms with Crippen LogP contribution in [0.1, 0.15) is 71.1 Å². The average molecular weight is 581 g/mol. The molecule has 0 spiro atoms. The fourth-order valence-corrected chi connectivity index (χ4v) is 6.85. The summed E-state index contributed by atoms with van der Waals surface area (Å²) in [5.74, 6) is 2.99. The van der Waals surface area contributed by atoms with Gasteiger partial charge in [0.05, 0.1) is 30.1 Å². The third-order valence-electron chi connectivity index (χ3n) is 8.42. The topological polar surface area (TPSA) is 108 Å². The van der Waals surface area contributed by atoms with Crippen LogP contribution in [-0.4, -0.2) is 80.8 Å². The Kier molecular flexibility index (Phi) is 7.99. The molecule has 5 rings (SSSR count). The highest BCUT2D eigenvalue weighted by Gasteiger charge is 2.55. The molecule has 0 amide bonds. The minimum Gasteiger partial charge on any atom is -0.374 e. The molecule has 1 N–H and O–H groups in total. The summed E-state index contributed by atoms with van der Waals surface area (Å²) in [5.41, 5.74) is 2.39. The van der Waals surface area contributed by atoms with Crippen molar-refractivity contribution in [3.8, 4) is 0 Å². The largest absolute Gasteiger partial charge is 0.374 e. The van der Waals surface area contributed by atoms with Crippen LogP contribution in [0.5, 0.6) is 0 Å². The highest BCUT2D eigenvalue weighted by atomic mass is 32.2. The van der Waals surface area contributed by atoms with Crippen molar-refractivity contribution < 1.29 is 8.95 Å². The molecular weight excluding hydrogens is 536 g/mol. The van der Waals surface area contributed by atoms with Crippen LogP contribution >= 0.6 is 0 Å². The molecule has 0 aromatic carbocycles. The Morgan fingerprint density at radius 1 is 1.17 bits per heavy atom. The SMILES string of the molecule is C/C=C(\N=C(/C)N=S(C)(C)=O)N1c2nc(Nc3ccc(C4CCN(C)CC4)nc3)ncc2[C@]2(C)COC(C)(C)CC12. The quantitative estimate of drug-likeness (QED) is 0.386. The third-order valence-corrected chi connectivity index (χ3v) is 9.12. The molecule has 0 radical (unpaired) electrons. The monoisotopic (exact) mass is 580 g/mol. The average Bonchev–Trinajstić information content (AvgIpc) is 3.14. The molecule has 222 valence electrons. The number of nitrogens with one attached hydrogen (secondary N) is 1. The molecule has 0 saturated carbocycles. The van der Waals surface area contributed by atoms with Crippen molar-refractivity contribution in [2.24, 2.45) is 9.36 Å². The second-order valence-electron chi connectivity index (χ2n) is 12.7. The van der Waals surface area contributed by atoms with Crippen molar-refractivity contribution in [3.63, 3.8) is 0 Å². The molecule has 0 aliphatic carbocycles. The highest BCUT2D eigenvalue weighted by molar-refractivity contribution is 7.92. The minimum absolute atomic E-state index is 0.0525. The standard InChI is InChI=1S/C30H44N8O2S/c1-9-26(33-20(2)36-41(7,8)39)38-25-16-29(3,4)40-19-30(25,5)23-18-32-28(35-27(23)38)34-22-10-11-24(31-17-22)21-12-14-37(6)15-13-21/h9-11,17-18,21,25H,12-16,19H2,1-8H3,(H,32,34,35)/b26-9+,33-20+/t25?,30-/m0/s1. The van der Waals surface area contributed by atoms with Gasteiger partial charge in [0.15, 0.2) is 0 Å². The Bertz CT molecular complexity index is 1460. The van der Waals surface area contributed by atoms with Crippen molar-refractivity contribution in [1.82, 2.24) is 19.9 Å². The first-order valence-corrected chi connectivity index (χ1v) is 16.7. The predicted molar refractivity (Wildman–Crippen MR) is 167 cm³/mol. The molecule has 10 nitrogen and oxygen atoms in total. The number of pyridine rings is 1. The predicted octanol–water partition coefficient (Wildman–Crippen LogP) is 5.08. The van der Waals surface area contributed by atoms with Crippen LogP contribution in [0, 0.1) is 0 Å². The minimum atomic E-state index is -2.33. The number of amidine groups is 1. The molecule has 41 heavy (non-hydrogen) atoms. The Morgan fingerprint density at radius 3 is 2.54 bits per heavy atom. The molecule has 11 heteroatoms. The van der Waals surface area contributed by atoms with E-state index in [1.165, 1.54) is 0 Å². The summed E-state index contributed by atoms with van der Waals surface area (Å²) in [6, 6.07) is 4.23. The number of hydrogen-bond donors (Lipinski definition) is 1. The van der Waals surface area contributed by atoms with E-state index < -0.39 is 9.73 Å². The van der Waals surface area contributed by atoms with Crippen molar-refractivity contribution in [2.75, 3.05) is 49.5 Å². The zero-order valence-electron chi connectivity index (χ0n) is 25.6. The van der Waals surface area contributed by atoms with Gasteiger partial charge in [-0.2, -0.15) is 9.35 Å². The van der Waals surface area contributed by atoms with E-state index in [0.29, 0.717) is 24.3 Å². The molecule has 0 bridgehead atoms. The number of rotatable bonds is 5. The number of aromatic nitrogens is 3. The van der Waals surface area contributed by atoms with Gasteiger partial charge < -0.3 is 19.9 Å². The molecular formula is C30H44N8O2S. The van der Waals surface area contributed by atoms with Crippen molar-refractivity contribution in [3.05, 3.63) is 47.7 Å². The van der Waals surface area contributed by atoms with E-state index in [2.05, 4.69) is 59.4 Å². The normalized spacial score (nSPS) is 25.6. The van der Waals surface area contributed by atoms with E-state index >= 15 is 0 Å². The van der Waals surface area contributed by atoms with Crippen LogP contribution in [0.3, 0.4) is 0 Å². The zero-order chi connectivity index (χ0) is 29.6. The van der Waals surface area contributed by atoms with Crippen LogP contribution in [0.2, 0.25) is 0 Å². The van der Waals surface area contributed by atoms with Gasteiger partial charge in [0, 0.05) is 51.0 Å². The maximum atomic E-state index is 12.4. The smallest absolute Gasteiger partial charge is 0.229 e. The number of likely N-dealkylation sites (tertiary alicyclic amines) is 1. The van der Waals surface area contributed by atoms with E-state index in [9.17, 15) is 4.21 Å². The number of piperidine rings is 1. The first-order valence-electron chi connectivity index (χ1n) is 14.4. The lowest BCUT2D eigenvalue weighted by atomic mass is 9.73. The lowest BCUT2D eigenvalue weighted by Gasteiger charge is -2.46. The van der Waals surface area contributed by atoms with Gasteiger partial charge in [0.25, 0.3) is 0 Å². The summed E-state index contributed by atoms with van der Waals surface area (Å²) >= 11 is 0. The van der Waals surface area contributed by atoms with Gasteiger partial charge in [0.2, 0.25) is 5.95 Å². The van der Waals surface area contributed by atoms with Gasteiger partial charge in [-0.15, -0.1) is 0 Å². The summed E-state index contributed by atoms with van der Waals surface area (Å²) in [4.78, 5) is 23.9. The number of allylic oxidation sites excluding steroid dienone is 1. The molecule has 5 heterocycles. The molecule has 2 saturated heterocycles. The molecule has 2 fully saturated rings. The number of hydrogen-bond acceptors (Lipinski definition) is 9. The van der Waals surface area contributed by atoms with E-state index in [0.717, 1.165) is 60.9 Å². The first-order chi connectivity index (χ1) is 19.3. The van der Waals surface area contributed by atoms with Gasteiger partial charge in [-0.3, -0.25) is 4.98 Å². The van der Waals surface area contributed by atoms with Crippen LogP contribution in [0.15, 0.2) is 45.8 Å². The Morgan fingerprint density at radius 2 is 1.90 bits per heavy atom. The van der Waals surface area contributed by atoms with Gasteiger partial charge in [-0.05, 0) is 85.3 Å². The summed E-state index contributed by atoms with van der Waals surface area (Å²) < 4.78 is 23.0. The molecule has 3 aliphatic rings. The van der Waals surface area contributed by atoms with Gasteiger partial charge >= 0.3 is 0 Å². The third kappa shape index (κ3) is 6.32. The van der Waals surface area contributed by atoms with Crippen LogP contribution in [0.25, 0.3) is 0 Å². The fourth-order valence-electron chi connectivity index (χ4n) is 6.18. The number of ether oxygens (including phenoxy) is 1. The van der Waals surface area contributed by atoms with Crippen molar-refractivity contribution in [2.45, 2.75) is 76.9 Å². The lowest BCUT2D eigenvalue weighted by molar-refractivity contribution is -0.0897. The summed E-state index contributed by atoms with van der Waals surface area (Å²) in [7, 11) is -0.160. The fraction of sp³-hybridized carbons (Fsp3) is 0.600. The molecule has 2 aromatic rings. The molecule has 2 aromatic heterocycles. The highest BCUT2D eigenvalue weighted by Crippen LogP contribution is 2.52. The van der Waals surface area contributed by atoms with Crippen molar-refractivity contribution in [1.29, 1.82) is 0 Å². The second kappa shape index (κ2) is 11.1. The summed E-state index contributed by atoms with van der Waals surface area (Å²) in [6.45, 7) is 13.0. The first kappa shape index (κ1) is 29.6. The molecule has 1 unspecified atom stereocenters. The van der Waals surface area contributed by atoms with Gasteiger partial charge in [-0.25, -0.2) is 14.2 Å². The number of aliphatic imine (C=N–C) groups is 1. The van der Waals surface area contributed by atoms with E-state index in [1.807, 2.05) is 25.4 Å².